The van der Waals surface area contributed by atoms with E-state index in [1.165, 1.54) is 6.92 Å². The minimum Gasteiger partial charge on any atom is -0.380 e. The predicted molar refractivity (Wildman–Crippen MR) is 112 cm³/mol. The summed E-state index contributed by atoms with van der Waals surface area (Å²) in [4.78, 5) is 48.4. The van der Waals surface area contributed by atoms with E-state index in [0.717, 1.165) is 5.56 Å². The van der Waals surface area contributed by atoms with E-state index in [4.69, 9.17) is 10.5 Å². The first-order valence-electron chi connectivity index (χ1n) is 9.69. The van der Waals surface area contributed by atoms with Crippen molar-refractivity contribution in [1.82, 2.24) is 16.0 Å². The molecule has 0 fully saturated rings. The summed E-state index contributed by atoms with van der Waals surface area (Å²) >= 11 is 0. The lowest BCUT2D eigenvalue weighted by Crippen LogP contribution is -2.54. The first-order chi connectivity index (χ1) is 14.2. The molecule has 3 atom stereocenters. The molecule has 166 valence electrons. The van der Waals surface area contributed by atoms with Crippen LogP contribution in [0.3, 0.4) is 0 Å². The summed E-state index contributed by atoms with van der Waals surface area (Å²) in [5, 5.41) is 10.6. The number of nitrogens with one attached hydrogen (secondary N) is 4. The highest BCUT2D eigenvalue weighted by Gasteiger charge is 2.26. The first-order valence-corrected chi connectivity index (χ1v) is 9.69. The molecule has 6 N–H and O–H groups in total. The number of ether oxygens (including phenoxy) is 1. The highest BCUT2D eigenvalue weighted by molar-refractivity contribution is 6.00. The number of nitrogens with two attached hydrogens (primary N) is 1. The molecule has 1 aromatic rings. The standard InChI is InChI=1S/C20H31N5O5/c1-5-22-12(2)18(27)23-13(3)19(28)25-16(10-17(21)26)20(29)24-15-8-6-14(7-9-15)11-30-4/h6-9,12-13,16,22H,5,10-11H2,1-4H3,(H2,21,26)(H,23,27)(H,24,29)(H,25,28)/t12?,13-,16?/m0/s1. The first kappa shape index (κ1) is 25.1. The van der Waals surface area contributed by atoms with Gasteiger partial charge in [-0.2, -0.15) is 0 Å². The summed E-state index contributed by atoms with van der Waals surface area (Å²) in [6, 6.07) is 4.36. The van der Waals surface area contributed by atoms with Gasteiger partial charge in [0.25, 0.3) is 0 Å². The summed E-state index contributed by atoms with van der Waals surface area (Å²) < 4.78 is 5.03. The molecule has 0 saturated carbocycles. The van der Waals surface area contributed by atoms with Crippen LogP contribution in [0.1, 0.15) is 32.8 Å². The lowest BCUT2D eigenvalue weighted by Gasteiger charge is -2.21. The van der Waals surface area contributed by atoms with Crippen LogP contribution in [0.25, 0.3) is 0 Å². The minimum atomic E-state index is -1.18. The number of hydrogen-bond acceptors (Lipinski definition) is 6. The summed E-state index contributed by atoms with van der Waals surface area (Å²) in [5.41, 5.74) is 6.64. The maximum absolute atomic E-state index is 12.6. The number of amides is 4. The van der Waals surface area contributed by atoms with Crippen LogP contribution in [0.2, 0.25) is 0 Å². The fourth-order valence-electron chi connectivity index (χ4n) is 2.59. The molecule has 0 saturated heterocycles. The Balaban J connectivity index is 2.75. The highest BCUT2D eigenvalue weighted by Crippen LogP contribution is 2.11. The molecule has 0 aliphatic heterocycles. The molecular formula is C20H31N5O5. The molecule has 4 amide bonds. The van der Waals surface area contributed by atoms with E-state index in [1.54, 1.807) is 38.3 Å². The van der Waals surface area contributed by atoms with Crippen LogP contribution in [0.15, 0.2) is 24.3 Å². The van der Waals surface area contributed by atoms with Gasteiger partial charge >= 0.3 is 0 Å². The van der Waals surface area contributed by atoms with Gasteiger partial charge in [0.15, 0.2) is 0 Å². The summed E-state index contributed by atoms with van der Waals surface area (Å²) in [5.74, 6) is -2.31. The Bertz CT molecular complexity index is 738. The van der Waals surface area contributed by atoms with E-state index in [9.17, 15) is 19.2 Å². The molecule has 1 rings (SSSR count). The van der Waals surface area contributed by atoms with Crippen LogP contribution in [-0.2, 0) is 30.5 Å². The second-order valence-corrected chi connectivity index (χ2v) is 6.86. The summed E-state index contributed by atoms with van der Waals surface area (Å²) in [7, 11) is 1.58. The average Bonchev–Trinajstić information content (AvgIpc) is 2.68. The quantitative estimate of drug-likeness (QED) is 0.311. The van der Waals surface area contributed by atoms with Crippen molar-refractivity contribution in [2.45, 2.75) is 51.9 Å². The summed E-state index contributed by atoms with van der Waals surface area (Å²) in [6.07, 6.45) is -0.381. The van der Waals surface area contributed by atoms with Crippen LogP contribution < -0.4 is 27.0 Å². The van der Waals surface area contributed by atoms with Gasteiger partial charge in [-0.05, 0) is 38.1 Å². The Labute approximate surface area is 176 Å². The van der Waals surface area contributed by atoms with E-state index in [1.807, 2.05) is 6.92 Å². The molecule has 0 heterocycles. The van der Waals surface area contributed by atoms with Crippen LogP contribution >= 0.6 is 0 Å². The van der Waals surface area contributed by atoms with Gasteiger partial charge in [0.2, 0.25) is 23.6 Å². The number of methoxy groups -OCH3 is 1. The highest BCUT2D eigenvalue weighted by atomic mass is 16.5. The zero-order valence-electron chi connectivity index (χ0n) is 17.8. The number of rotatable bonds is 12. The molecule has 0 aromatic heterocycles. The molecule has 0 aliphatic rings. The second kappa shape index (κ2) is 12.6. The van der Waals surface area contributed by atoms with Gasteiger partial charge in [-0.15, -0.1) is 0 Å². The van der Waals surface area contributed by atoms with E-state index in [0.29, 0.717) is 18.8 Å². The number of anilines is 1. The van der Waals surface area contributed by atoms with Gasteiger partial charge in [-0.3, -0.25) is 19.2 Å². The molecule has 0 aliphatic carbocycles. The van der Waals surface area contributed by atoms with Gasteiger partial charge < -0.3 is 31.7 Å². The number of primary amides is 1. The van der Waals surface area contributed by atoms with Crippen molar-refractivity contribution >= 4 is 29.3 Å². The van der Waals surface area contributed by atoms with E-state index in [-0.39, 0.29) is 12.3 Å². The third-order valence-electron chi connectivity index (χ3n) is 4.23. The number of hydrogen-bond donors (Lipinski definition) is 5. The number of carbonyl (C=O) groups excluding carboxylic acids is 4. The van der Waals surface area contributed by atoms with Crippen molar-refractivity contribution in [3.63, 3.8) is 0 Å². The summed E-state index contributed by atoms with van der Waals surface area (Å²) in [6.45, 7) is 6.05. The zero-order chi connectivity index (χ0) is 22.7. The molecule has 2 unspecified atom stereocenters. The van der Waals surface area contributed by atoms with Gasteiger partial charge in [-0.25, -0.2) is 0 Å². The Morgan fingerprint density at radius 1 is 0.967 bits per heavy atom. The smallest absolute Gasteiger partial charge is 0.247 e. The lowest BCUT2D eigenvalue weighted by molar-refractivity contribution is -0.132. The third-order valence-corrected chi connectivity index (χ3v) is 4.23. The van der Waals surface area contributed by atoms with Crippen molar-refractivity contribution in [3.8, 4) is 0 Å². The van der Waals surface area contributed by atoms with Crippen molar-refractivity contribution in [3.05, 3.63) is 29.8 Å². The Hall–Kier alpha value is -2.98. The predicted octanol–water partition coefficient (Wildman–Crippen LogP) is -0.366. The van der Waals surface area contributed by atoms with Gasteiger partial charge in [0.1, 0.15) is 12.1 Å². The van der Waals surface area contributed by atoms with Crippen LogP contribution in [0.4, 0.5) is 5.69 Å². The van der Waals surface area contributed by atoms with E-state index < -0.39 is 35.8 Å². The van der Waals surface area contributed by atoms with Gasteiger partial charge in [0, 0.05) is 12.8 Å². The molecule has 10 nitrogen and oxygen atoms in total. The van der Waals surface area contributed by atoms with Gasteiger partial charge in [0.05, 0.1) is 19.1 Å². The fraction of sp³-hybridized carbons (Fsp3) is 0.500. The van der Waals surface area contributed by atoms with Crippen molar-refractivity contribution in [2.24, 2.45) is 5.73 Å². The van der Waals surface area contributed by atoms with Crippen LogP contribution in [-0.4, -0.2) is 55.4 Å². The maximum atomic E-state index is 12.6. The second-order valence-electron chi connectivity index (χ2n) is 6.86. The van der Waals surface area contributed by atoms with Crippen molar-refractivity contribution < 1.29 is 23.9 Å². The Kier molecular flexibility index (Phi) is 10.5. The van der Waals surface area contributed by atoms with Crippen molar-refractivity contribution in [1.29, 1.82) is 0 Å². The minimum absolute atomic E-state index is 0.355. The van der Waals surface area contributed by atoms with Crippen LogP contribution in [0, 0.1) is 0 Å². The molecule has 0 spiro atoms. The lowest BCUT2D eigenvalue weighted by atomic mass is 10.1. The molecular weight excluding hydrogens is 390 g/mol. The largest absolute Gasteiger partial charge is 0.380 e. The Morgan fingerprint density at radius 2 is 1.57 bits per heavy atom. The number of likely N-dealkylation sites (N-methyl/N-ethyl adjacent to an activating group) is 1. The average molecular weight is 421 g/mol. The number of benzene rings is 1. The zero-order valence-corrected chi connectivity index (χ0v) is 17.8. The Morgan fingerprint density at radius 3 is 2.10 bits per heavy atom. The molecule has 30 heavy (non-hydrogen) atoms. The molecule has 1 aromatic carbocycles. The van der Waals surface area contributed by atoms with Crippen molar-refractivity contribution in [2.75, 3.05) is 19.0 Å². The maximum Gasteiger partial charge on any atom is 0.247 e. The third kappa shape index (κ3) is 8.58. The number of carbonyl (C=O) groups is 4. The monoisotopic (exact) mass is 421 g/mol. The molecule has 10 heteroatoms. The fourth-order valence-corrected chi connectivity index (χ4v) is 2.59. The SMILES string of the molecule is CCNC(C)C(=O)N[C@@H](C)C(=O)NC(CC(N)=O)C(=O)Nc1ccc(COC)cc1. The van der Waals surface area contributed by atoms with Crippen LogP contribution in [0.5, 0.6) is 0 Å². The molecule has 0 radical (unpaired) electrons. The van der Waals surface area contributed by atoms with Gasteiger partial charge in [-0.1, -0.05) is 19.1 Å². The van der Waals surface area contributed by atoms with E-state index >= 15 is 0 Å². The molecule has 0 bridgehead atoms. The topological polar surface area (TPSA) is 152 Å². The van der Waals surface area contributed by atoms with E-state index in [2.05, 4.69) is 21.3 Å². The normalized spacial score (nSPS) is 13.6.